The molecule has 0 aromatic rings. The van der Waals surface area contributed by atoms with Crippen molar-refractivity contribution >= 4 is 5.96 Å². The minimum absolute atomic E-state index is 0.574. The van der Waals surface area contributed by atoms with E-state index in [1.165, 1.54) is 32.4 Å². The second-order valence-corrected chi connectivity index (χ2v) is 6.37. The number of hydrogen-bond donors (Lipinski definition) is 2. The molecule has 1 aliphatic heterocycles. The lowest BCUT2D eigenvalue weighted by Gasteiger charge is -2.28. The molecule has 1 fully saturated rings. The van der Waals surface area contributed by atoms with Gasteiger partial charge in [0.25, 0.3) is 0 Å². The van der Waals surface area contributed by atoms with Gasteiger partial charge in [-0.15, -0.1) is 0 Å². The molecule has 2 N–H and O–H groups in total. The average molecular weight is 313 g/mol. The molecule has 5 nitrogen and oxygen atoms in total. The standard InChI is InChI=1S/C17H36N4O/c1-5-18-17(19-9-12-22-6-2)20-14-16(13-15(3)4)21-10-7-8-11-21/h15-16H,5-14H2,1-4H3,(H2,18,19,20). The molecule has 1 rings (SSSR count). The lowest BCUT2D eigenvalue weighted by molar-refractivity contribution is 0.152. The van der Waals surface area contributed by atoms with E-state index in [4.69, 9.17) is 9.73 Å². The third-order valence-corrected chi connectivity index (χ3v) is 3.95. The predicted molar refractivity (Wildman–Crippen MR) is 94.5 cm³/mol. The van der Waals surface area contributed by atoms with E-state index >= 15 is 0 Å². The predicted octanol–water partition coefficient (Wildman–Crippen LogP) is 2.09. The van der Waals surface area contributed by atoms with Gasteiger partial charge in [-0.2, -0.15) is 0 Å². The Balaban J connectivity index is 2.50. The van der Waals surface area contributed by atoms with Gasteiger partial charge in [0.2, 0.25) is 0 Å². The Hall–Kier alpha value is -0.810. The van der Waals surface area contributed by atoms with Crippen LogP contribution in [0.4, 0.5) is 0 Å². The molecule has 22 heavy (non-hydrogen) atoms. The van der Waals surface area contributed by atoms with Crippen molar-refractivity contribution in [3.8, 4) is 0 Å². The van der Waals surface area contributed by atoms with E-state index in [0.717, 1.165) is 38.8 Å². The van der Waals surface area contributed by atoms with Crippen LogP contribution in [-0.2, 0) is 4.74 Å². The molecule has 0 amide bonds. The van der Waals surface area contributed by atoms with Crippen molar-refractivity contribution in [3.63, 3.8) is 0 Å². The summed E-state index contributed by atoms with van der Waals surface area (Å²) >= 11 is 0. The van der Waals surface area contributed by atoms with E-state index in [2.05, 4.69) is 36.3 Å². The lowest BCUT2D eigenvalue weighted by atomic mass is 10.0. The molecular weight excluding hydrogens is 276 g/mol. The largest absolute Gasteiger partial charge is 0.380 e. The van der Waals surface area contributed by atoms with E-state index in [0.29, 0.717) is 12.0 Å². The molecule has 0 aromatic heterocycles. The molecule has 5 heteroatoms. The highest BCUT2D eigenvalue weighted by atomic mass is 16.5. The molecule has 0 aromatic carbocycles. The Morgan fingerprint density at radius 3 is 2.50 bits per heavy atom. The van der Waals surface area contributed by atoms with Gasteiger partial charge >= 0.3 is 0 Å². The number of nitrogens with one attached hydrogen (secondary N) is 2. The van der Waals surface area contributed by atoms with E-state index in [9.17, 15) is 0 Å². The van der Waals surface area contributed by atoms with E-state index < -0.39 is 0 Å². The third-order valence-electron chi connectivity index (χ3n) is 3.95. The van der Waals surface area contributed by atoms with Crippen LogP contribution in [0.15, 0.2) is 4.99 Å². The van der Waals surface area contributed by atoms with Crippen LogP contribution in [-0.4, -0.2) is 62.8 Å². The average Bonchev–Trinajstić information content (AvgIpc) is 3.01. The lowest BCUT2D eigenvalue weighted by Crippen LogP contribution is -2.41. The first kappa shape index (κ1) is 19.2. The Morgan fingerprint density at radius 1 is 1.18 bits per heavy atom. The summed E-state index contributed by atoms with van der Waals surface area (Å²) in [5.74, 6) is 1.63. The number of aliphatic imine (C=N–C) groups is 1. The summed E-state index contributed by atoms with van der Waals surface area (Å²) in [5, 5.41) is 6.67. The maximum atomic E-state index is 5.37. The number of hydrogen-bond acceptors (Lipinski definition) is 3. The molecule has 0 spiro atoms. The minimum atomic E-state index is 0.574. The Bertz CT molecular complexity index is 301. The summed E-state index contributed by atoms with van der Waals surface area (Å²) in [4.78, 5) is 7.42. The van der Waals surface area contributed by atoms with Gasteiger partial charge in [0.05, 0.1) is 13.2 Å². The number of likely N-dealkylation sites (tertiary alicyclic amines) is 1. The van der Waals surface area contributed by atoms with Crippen molar-refractivity contribution in [2.24, 2.45) is 10.9 Å². The highest BCUT2D eigenvalue weighted by Crippen LogP contribution is 2.18. The molecule has 0 radical (unpaired) electrons. The Kier molecular flexibility index (Phi) is 10.2. The maximum Gasteiger partial charge on any atom is 0.191 e. The van der Waals surface area contributed by atoms with Crippen molar-refractivity contribution in [2.45, 2.75) is 53.0 Å². The number of guanidine groups is 1. The number of ether oxygens (including phenoxy) is 1. The molecule has 130 valence electrons. The van der Waals surface area contributed by atoms with Crippen LogP contribution in [0.25, 0.3) is 0 Å². The summed E-state index contributed by atoms with van der Waals surface area (Å²) in [6, 6.07) is 0.574. The zero-order chi connectivity index (χ0) is 16.2. The fourth-order valence-electron chi connectivity index (χ4n) is 2.91. The van der Waals surface area contributed by atoms with Crippen LogP contribution in [0.3, 0.4) is 0 Å². The Morgan fingerprint density at radius 2 is 1.91 bits per heavy atom. The number of rotatable bonds is 10. The van der Waals surface area contributed by atoms with Crippen molar-refractivity contribution in [3.05, 3.63) is 0 Å². The minimum Gasteiger partial charge on any atom is -0.380 e. The normalized spacial score (nSPS) is 18.0. The van der Waals surface area contributed by atoms with E-state index in [1.54, 1.807) is 0 Å². The summed E-state index contributed by atoms with van der Waals surface area (Å²) in [7, 11) is 0. The first-order valence-corrected chi connectivity index (χ1v) is 9.01. The third kappa shape index (κ3) is 7.99. The van der Waals surface area contributed by atoms with E-state index in [1.807, 2.05) is 6.92 Å². The van der Waals surface area contributed by atoms with Gasteiger partial charge in [0.15, 0.2) is 5.96 Å². The van der Waals surface area contributed by atoms with Crippen LogP contribution >= 0.6 is 0 Å². The monoisotopic (exact) mass is 312 g/mol. The molecule has 1 unspecified atom stereocenters. The molecule has 1 atom stereocenters. The summed E-state index contributed by atoms with van der Waals surface area (Å²) in [5.41, 5.74) is 0. The fraction of sp³-hybridized carbons (Fsp3) is 0.941. The quantitative estimate of drug-likeness (QED) is 0.368. The van der Waals surface area contributed by atoms with Crippen molar-refractivity contribution in [2.75, 3.05) is 45.9 Å². The van der Waals surface area contributed by atoms with Gasteiger partial charge in [-0.25, -0.2) is 0 Å². The topological polar surface area (TPSA) is 48.9 Å². The molecule has 1 saturated heterocycles. The first-order chi connectivity index (χ1) is 10.7. The first-order valence-electron chi connectivity index (χ1n) is 9.01. The zero-order valence-electron chi connectivity index (χ0n) is 15.0. The van der Waals surface area contributed by atoms with Crippen LogP contribution in [0.5, 0.6) is 0 Å². The smallest absolute Gasteiger partial charge is 0.191 e. The SMILES string of the molecule is CCNC(=NCC(CC(C)C)N1CCCC1)NCCOCC. The number of nitrogens with zero attached hydrogens (tertiary/aromatic N) is 2. The van der Waals surface area contributed by atoms with Crippen molar-refractivity contribution < 1.29 is 4.74 Å². The summed E-state index contributed by atoms with van der Waals surface area (Å²) in [6.07, 6.45) is 3.90. The fourth-order valence-corrected chi connectivity index (χ4v) is 2.91. The van der Waals surface area contributed by atoms with Gasteiger partial charge in [-0.3, -0.25) is 9.89 Å². The van der Waals surface area contributed by atoms with Crippen LogP contribution < -0.4 is 10.6 Å². The molecule has 1 aliphatic rings. The van der Waals surface area contributed by atoms with Crippen LogP contribution in [0.1, 0.15) is 47.0 Å². The van der Waals surface area contributed by atoms with Gasteiger partial charge < -0.3 is 15.4 Å². The van der Waals surface area contributed by atoms with Gasteiger partial charge in [-0.05, 0) is 52.1 Å². The van der Waals surface area contributed by atoms with Gasteiger partial charge in [0.1, 0.15) is 0 Å². The molecule has 0 saturated carbocycles. The Labute approximate surface area is 136 Å². The highest BCUT2D eigenvalue weighted by molar-refractivity contribution is 5.79. The zero-order valence-corrected chi connectivity index (χ0v) is 15.0. The van der Waals surface area contributed by atoms with Crippen LogP contribution in [0, 0.1) is 5.92 Å². The molecule has 0 aliphatic carbocycles. The molecular formula is C17H36N4O. The maximum absolute atomic E-state index is 5.37. The second-order valence-electron chi connectivity index (χ2n) is 6.37. The van der Waals surface area contributed by atoms with Crippen molar-refractivity contribution in [1.82, 2.24) is 15.5 Å². The summed E-state index contributed by atoms with van der Waals surface area (Å²) < 4.78 is 5.37. The van der Waals surface area contributed by atoms with Gasteiger partial charge in [0, 0.05) is 25.7 Å². The van der Waals surface area contributed by atoms with Gasteiger partial charge in [-0.1, -0.05) is 13.8 Å². The van der Waals surface area contributed by atoms with Crippen LogP contribution in [0.2, 0.25) is 0 Å². The highest BCUT2D eigenvalue weighted by Gasteiger charge is 2.22. The summed E-state index contributed by atoms with van der Waals surface area (Å²) in [6.45, 7) is 15.3. The molecule has 1 heterocycles. The van der Waals surface area contributed by atoms with E-state index in [-0.39, 0.29) is 0 Å². The molecule has 0 bridgehead atoms. The van der Waals surface area contributed by atoms with Crippen molar-refractivity contribution in [1.29, 1.82) is 0 Å². The second kappa shape index (κ2) is 11.7.